The van der Waals surface area contributed by atoms with Crippen molar-refractivity contribution in [3.05, 3.63) is 59.1 Å². The summed E-state index contributed by atoms with van der Waals surface area (Å²) in [5.74, 6) is -1.05. The molecule has 6 nitrogen and oxygen atoms in total. The standard InChI is InChI=1S/C21H22ClNO5S/c1-29(26,27)18-7-3-2-6-17(18)23-19(24)14-28-20(25)21(12-4-5-13-21)15-8-10-16(22)11-9-15/h2-3,6-11H,4-5,12-14H2,1H3,(H,23,24). The Morgan fingerprint density at radius 1 is 1.07 bits per heavy atom. The van der Waals surface area contributed by atoms with Gasteiger partial charge in [0.25, 0.3) is 5.91 Å². The average molecular weight is 436 g/mol. The molecule has 0 unspecified atom stereocenters. The number of sulfone groups is 1. The molecule has 0 radical (unpaired) electrons. The zero-order valence-corrected chi connectivity index (χ0v) is 17.6. The summed E-state index contributed by atoms with van der Waals surface area (Å²) in [4.78, 5) is 25.2. The molecule has 1 aliphatic rings. The number of benzene rings is 2. The molecule has 0 spiro atoms. The van der Waals surface area contributed by atoms with E-state index in [0.717, 1.165) is 24.7 Å². The maximum Gasteiger partial charge on any atom is 0.317 e. The third-order valence-electron chi connectivity index (χ3n) is 5.14. The molecule has 0 heterocycles. The van der Waals surface area contributed by atoms with Crippen LogP contribution in [0.2, 0.25) is 5.02 Å². The number of para-hydroxylation sites is 1. The number of amides is 1. The van der Waals surface area contributed by atoms with Crippen LogP contribution in [0, 0.1) is 0 Å². The lowest BCUT2D eigenvalue weighted by molar-refractivity contribution is -0.153. The van der Waals surface area contributed by atoms with E-state index in [1.807, 2.05) is 12.1 Å². The van der Waals surface area contributed by atoms with Crippen LogP contribution in [0.25, 0.3) is 0 Å². The molecule has 1 aliphatic carbocycles. The summed E-state index contributed by atoms with van der Waals surface area (Å²) >= 11 is 5.96. The highest BCUT2D eigenvalue weighted by molar-refractivity contribution is 7.90. The van der Waals surface area contributed by atoms with Crippen LogP contribution in [0.4, 0.5) is 5.69 Å². The molecule has 1 fully saturated rings. The Morgan fingerprint density at radius 2 is 1.69 bits per heavy atom. The molecule has 2 aromatic carbocycles. The largest absolute Gasteiger partial charge is 0.455 e. The van der Waals surface area contributed by atoms with Crippen molar-refractivity contribution < 1.29 is 22.7 Å². The van der Waals surface area contributed by atoms with E-state index in [0.29, 0.717) is 17.9 Å². The predicted molar refractivity (Wildman–Crippen MR) is 111 cm³/mol. The molecule has 29 heavy (non-hydrogen) atoms. The van der Waals surface area contributed by atoms with Crippen molar-refractivity contribution in [3.63, 3.8) is 0 Å². The van der Waals surface area contributed by atoms with E-state index in [2.05, 4.69) is 5.32 Å². The van der Waals surface area contributed by atoms with Gasteiger partial charge in [-0.15, -0.1) is 0 Å². The number of esters is 1. The number of carbonyl (C=O) groups is 2. The fourth-order valence-corrected chi connectivity index (χ4v) is 4.68. The second-order valence-corrected chi connectivity index (χ2v) is 9.61. The van der Waals surface area contributed by atoms with Crippen LogP contribution < -0.4 is 5.32 Å². The van der Waals surface area contributed by atoms with E-state index in [9.17, 15) is 18.0 Å². The highest BCUT2D eigenvalue weighted by atomic mass is 35.5. The number of halogens is 1. The zero-order valence-electron chi connectivity index (χ0n) is 16.0. The van der Waals surface area contributed by atoms with Gasteiger partial charge in [-0.05, 0) is 42.7 Å². The Kier molecular flexibility index (Phi) is 6.29. The summed E-state index contributed by atoms with van der Waals surface area (Å²) in [6, 6.07) is 13.2. The van der Waals surface area contributed by atoms with Gasteiger partial charge in [0.2, 0.25) is 0 Å². The summed E-state index contributed by atoms with van der Waals surface area (Å²) < 4.78 is 29.0. The fraction of sp³-hybridized carbons (Fsp3) is 0.333. The second-order valence-electron chi connectivity index (χ2n) is 7.19. The maximum absolute atomic E-state index is 12.9. The molecule has 1 amide bonds. The van der Waals surface area contributed by atoms with Gasteiger partial charge in [0.15, 0.2) is 16.4 Å². The number of hydrogen-bond acceptors (Lipinski definition) is 5. The molecule has 1 N–H and O–H groups in total. The first-order valence-corrected chi connectivity index (χ1v) is 11.5. The van der Waals surface area contributed by atoms with Crippen LogP contribution in [0.3, 0.4) is 0 Å². The first-order chi connectivity index (χ1) is 13.7. The smallest absolute Gasteiger partial charge is 0.317 e. The van der Waals surface area contributed by atoms with Crippen molar-refractivity contribution in [3.8, 4) is 0 Å². The van der Waals surface area contributed by atoms with Gasteiger partial charge in [0.1, 0.15) is 0 Å². The molecule has 1 saturated carbocycles. The van der Waals surface area contributed by atoms with E-state index in [1.165, 1.54) is 12.1 Å². The summed E-state index contributed by atoms with van der Waals surface area (Å²) in [6.45, 7) is -0.494. The van der Waals surface area contributed by atoms with Crippen molar-refractivity contribution in [2.45, 2.75) is 36.0 Å². The second kappa shape index (κ2) is 8.55. The molecular weight excluding hydrogens is 414 g/mol. The van der Waals surface area contributed by atoms with E-state index in [1.54, 1.807) is 24.3 Å². The van der Waals surface area contributed by atoms with Crippen LogP contribution >= 0.6 is 11.6 Å². The molecule has 8 heteroatoms. The van der Waals surface area contributed by atoms with Gasteiger partial charge >= 0.3 is 5.97 Å². The molecule has 0 bridgehead atoms. The number of rotatable bonds is 6. The minimum absolute atomic E-state index is 0.00750. The molecule has 0 aromatic heterocycles. The lowest BCUT2D eigenvalue weighted by Crippen LogP contribution is -2.36. The van der Waals surface area contributed by atoms with Gasteiger partial charge < -0.3 is 10.1 Å². The van der Waals surface area contributed by atoms with Gasteiger partial charge in [0, 0.05) is 11.3 Å². The monoisotopic (exact) mass is 435 g/mol. The maximum atomic E-state index is 12.9. The van der Waals surface area contributed by atoms with Crippen molar-refractivity contribution in [1.29, 1.82) is 0 Å². The number of ether oxygens (including phenoxy) is 1. The fourth-order valence-electron chi connectivity index (χ4n) is 3.71. The average Bonchev–Trinajstić information content (AvgIpc) is 3.17. The summed E-state index contributed by atoms with van der Waals surface area (Å²) in [5.41, 5.74) is 0.201. The van der Waals surface area contributed by atoms with E-state index < -0.39 is 33.7 Å². The van der Waals surface area contributed by atoms with E-state index in [-0.39, 0.29) is 10.6 Å². The highest BCUT2D eigenvalue weighted by Gasteiger charge is 2.44. The lowest BCUT2D eigenvalue weighted by Gasteiger charge is -2.27. The van der Waals surface area contributed by atoms with Crippen molar-refractivity contribution in [1.82, 2.24) is 0 Å². The summed E-state index contributed by atoms with van der Waals surface area (Å²) in [5, 5.41) is 3.09. The first-order valence-electron chi connectivity index (χ1n) is 9.25. The van der Waals surface area contributed by atoms with Crippen LogP contribution in [0.15, 0.2) is 53.4 Å². The van der Waals surface area contributed by atoms with E-state index >= 15 is 0 Å². The van der Waals surface area contributed by atoms with Crippen LogP contribution in [0.5, 0.6) is 0 Å². The third kappa shape index (κ3) is 4.79. The van der Waals surface area contributed by atoms with Gasteiger partial charge in [0.05, 0.1) is 16.0 Å². The number of anilines is 1. The lowest BCUT2D eigenvalue weighted by atomic mass is 9.79. The first kappa shape index (κ1) is 21.3. The Labute approximate surface area is 175 Å². The van der Waals surface area contributed by atoms with E-state index in [4.69, 9.17) is 16.3 Å². The minimum atomic E-state index is -3.51. The minimum Gasteiger partial charge on any atom is -0.455 e. The normalized spacial score (nSPS) is 15.7. The third-order valence-corrected chi connectivity index (χ3v) is 6.55. The zero-order chi connectivity index (χ0) is 21.1. The van der Waals surface area contributed by atoms with Crippen LogP contribution in [-0.2, 0) is 29.6 Å². The molecule has 154 valence electrons. The number of nitrogens with one attached hydrogen (secondary N) is 1. The Morgan fingerprint density at radius 3 is 2.31 bits per heavy atom. The van der Waals surface area contributed by atoms with Crippen LogP contribution in [-0.4, -0.2) is 33.2 Å². The van der Waals surface area contributed by atoms with Gasteiger partial charge in [-0.1, -0.05) is 48.7 Å². The SMILES string of the molecule is CS(=O)(=O)c1ccccc1NC(=O)COC(=O)C1(c2ccc(Cl)cc2)CCCC1. The van der Waals surface area contributed by atoms with Gasteiger partial charge in [-0.3, -0.25) is 9.59 Å². The molecule has 0 aliphatic heterocycles. The van der Waals surface area contributed by atoms with Gasteiger partial charge in [-0.2, -0.15) is 0 Å². The van der Waals surface area contributed by atoms with Crippen molar-refractivity contribution >= 4 is 39.0 Å². The Hall–Kier alpha value is -2.38. The quantitative estimate of drug-likeness (QED) is 0.698. The Balaban J connectivity index is 1.70. The summed E-state index contributed by atoms with van der Waals surface area (Å²) in [6.07, 6.45) is 4.14. The number of carbonyl (C=O) groups excluding carboxylic acids is 2. The summed E-state index contributed by atoms with van der Waals surface area (Å²) in [7, 11) is -3.51. The van der Waals surface area contributed by atoms with Crippen molar-refractivity contribution in [2.75, 3.05) is 18.2 Å². The number of hydrogen-bond donors (Lipinski definition) is 1. The molecule has 0 atom stereocenters. The molecule has 0 saturated heterocycles. The van der Waals surface area contributed by atoms with Crippen molar-refractivity contribution in [2.24, 2.45) is 0 Å². The molecular formula is C21H22ClNO5S. The predicted octanol–water partition coefficient (Wildman–Crippen LogP) is 3.74. The topological polar surface area (TPSA) is 89.5 Å². The van der Waals surface area contributed by atoms with Gasteiger partial charge in [-0.25, -0.2) is 8.42 Å². The molecule has 2 aromatic rings. The molecule has 3 rings (SSSR count). The Bertz CT molecular complexity index is 1010. The van der Waals surface area contributed by atoms with Crippen LogP contribution in [0.1, 0.15) is 31.2 Å². The highest BCUT2D eigenvalue weighted by Crippen LogP contribution is 2.42.